The highest BCUT2D eigenvalue weighted by atomic mass is 79.9. The van der Waals surface area contributed by atoms with Gasteiger partial charge in [-0.15, -0.1) is 0 Å². The maximum absolute atomic E-state index is 3.72. The lowest BCUT2D eigenvalue weighted by Gasteiger charge is -2.26. The van der Waals surface area contributed by atoms with Crippen LogP contribution in [0.1, 0.15) is 38.3 Å². The van der Waals surface area contributed by atoms with Gasteiger partial charge in [-0.05, 0) is 44.0 Å². The highest BCUT2D eigenvalue weighted by molar-refractivity contribution is 9.10. The molecule has 1 unspecified atom stereocenters. The van der Waals surface area contributed by atoms with Gasteiger partial charge >= 0.3 is 0 Å². The molecule has 1 aliphatic heterocycles. The van der Waals surface area contributed by atoms with Crippen molar-refractivity contribution in [2.24, 2.45) is 0 Å². The summed E-state index contributed by atoms with van der Waals surface area (Å²) < 4.78 is 1.20. The van der Waals surface area contributed by atoms with Crippen molar-refractivity contribution in [2.45, 2.75) is 32.7 Å². The van der Waals surface area contributed by atoms with Gasteiger partial charge < -0.3 is 10.2 Å². The number of nitrogens with zero attached hydrogens (tertiary/aromatic N) is 1. The van der Waals surface area contributed by atoms with Crippen molar-refractivity contribution in [3.05, 3.63) is 40.4 Å². The standard InChI is InChI=1S/C16H23BrN2/c1-3-9-18-13(2)15-8-7-14(12-16(15)17)19-10-5-4-6-11-19/h4-5,7-8,12-13,18H,3,6,9-11H2,1-2H3. The van der Waals surface area contributed by atoms with Crippen molar-refractivity contribution in [1.82, 2.24) is 5.32 Å². The topological polar surface area (TPSA) is 15.3 Å². The first kappa shape index (κ1) is 14.6. The molecule has 1 aromatic carbocycles. The van der Waals surface area contributed by atoms with Gasteiger partial charge in [0.1, 0.15) is 0 Å². The first-order valence-electron chi connectivity index (χ1n) is 7.15. The van der Waals surface area contributed by atoms with Crippen LogP contribution >= 0.6 is 15.9 Å². The highest BCUT2D eigenvalue weighted by Crippen LogP contribution is 2.29. The van der Waals surface area contributed by atoms with E-state index in [1.165, 1.54) is 22.1 Å². The smallest absolute Gasteiger partial charge is 0.0380 e. The van der Waals surface area contributed by atoms with Crippen molar-refractivity contribution in [1.29, 1.82) is 0 Å². The minimum Gasteiger partial charge on any atom is -0.367 e. The van der Waals surface area contributed by atoms with E-state index in [1.807, 2.05) is 0 Å². The van der Waals surface area contributed by atoms with Crippen LogP contribution in [-0.4, -0.2) is 19.6 Å². The molecule has 0 aliphatic carbocycles. The Labute approximate surface area is 125 Å². The fourth-order valence-electron chi connectivity index (χ4n) is 2.41. The molecule has 0 saturated heterocycles. The molecule has 0 aromatic heterocycles. The number of benzene rings is 1. The lowest BCUT2D eigenvalue weighted by molar-refractivity contribution is 0.569. The van der Waals surface area contributed by atoms with Gasteiger partial charge in [0.15, 0.2) is 0 Å². The van der Waals surface area contributed by atoms with Crippen molar-refractivity contribution in [3.8, 4) is 0 Å². The number of hydrogen-bond donors (Lipinski definition) is 1. The number of rotatable bonds is 5. The van der Waals surface area contributed by atoms with Gasteiger partial charge in [0.2, 0.25) is 0 Å². The van der Waals surface area contributed by atoms with E-state index in [9.17, 15) is 0 Å². The Morgan fingerprint density at radius 3 is 2.84 bits per heavy atom. The van der Waals surface area contributed by atoms with E-state index >= 15 is 0 Å². The molecule has 3 heteroatoms. The summed E-state index contributed by atoms with van der Waals surface area (Å²) in [5.74, 6) is 0. The molecule has 1 heterocycles. The Bertz CT molecular complexity index is 442. The van der Waals surface area contributed by atoms with Crippen molar-refractivity contribution in [2.75, 3.05) is 24.5 Å². The SMILES string of the molecule is CCCNC(C)c1ccc(N2CC=CCC2)cc1Br. The monoisotopic (exact) mass is 322 g/mol. The van der Waals surface area contributed by atoms with Gasteiger partial charge in [-0.1, -0.05) is 41.1 Å². The van der Waals surface area contributed by atoms with Gasteiger partial charge in [-0.3, -0.25) is 0 Å². The third-order valence-corrected chi connectivity index (χ3v) is 4.26. The second kappa shape index (κ2) is 7.11. The zero-order valence-electron chi connectivity index (χ0n) is 11.8. The zero-order valence-corrected chi connectivity index (χ0v) is 13.4. The minimum absolute atomic E-state index is 0.393. The molecular formula is C16H23BrN2. The molecule has 1 aliphatic rings. The van der Waals surface area contributed by atoms with E-state index in [-0.39, 0.29) is 0 Å². The lowest BCUT2D eigenvalue weighted by atomic mass is 10.1. The van der Waals surface area contributed by atoms with Crippen LogP contribution in [0.25, 0.3) is 0 Å². The normalized spacial score (nSPS) is 16.7. The van der Waals surface area contributed by atoms with E-state index in [0.29, 0.717) is 6.04 Å². The Morgan fingerprint density at radius 1 is 1.37 bits per heavy atom. The molecule has 104 valence electrons. The second-order valence-electron chi connectivity index (χ2n) is 5.09. The number of halogens is 1. The molecule has 1 atom stereocenters. The summed E-state index contributed by atoms with van der Waals surface area (Å²) in [6, 6.07) is 7.12. The summed E-state index contributed by atoms with van der Waals surface area (Å²) >= 11 is 3.72. The average Bonchev–Trinajstić information content (AvgIpc) is 2.45. The summed E-state index contributed by atoms with van der Waals surface area (Å²) in [6.45, 7) is 7.62. The van der Waals surface area contributed by atoms with Crippen LogP contribution in [0.15, 0.2) is 34.8 Å². The van der Waals surface area contributed by atoms with Crippen molar-refractivity contribution >= 4 is 21.6 Å². The Kier molecular flexibility index (Phi) is 5.46. The molecule has 0 fully saturated rings. The molecule has 1 aromatic rings. The van der Waals surface area contributed by atoms with Crippen LogP contribution in [0.4, 0.5) is 5.69 Å². The maximum atomic E-state index is 3.72. The number of nitrogens with one attached hydrogen (secondary N) is 1. The molecule has 1 N–H and O–H groups in total. The molecule has 2 nitrogen and oxygen atoms in total. The van der Waals surface area contributed by atoms with Crippen LogP contribution in [0.5, 0.6) is 0 Å². The number of hydrogen-bond acceptors (Lipinski definition) is 2. The summed E-state index contributed by atoms with van der Waals surface area (Å²) in [4.78, 5) is 2.42. The summed E-state index contributed by atoms with van der Waals surface area (Å²) in [5, 5.41) is 3.53. The predicted octanol–water partition coefficient (Wildman–Crippen LogP) is 4.28. The van der Waals surface area contributed by atoms with Crippen LogP contribution in [-0.2, 0) is 0 Å². The zero-order chi connectivity index (χ0) is 13.7. The van der Waals surface area contributed by atoms with Crippen LogP contribution in [0, 0.1) is 0 Å². The third kappa shape index (κ3) is 3.83. The number of anilines is 1. The summed E-state index contributed by atoms with van der Waals surface area (Å²) in [6.07, 6.45) is 6.82. The maximum Gasteiger partial charge on any atom is 0.0380 e. The van der Waals surface area contributed by atoms with Gasteiger partial charge in [0.05, 0.1) is 0 Å². The van der Waals surface area contributed by atoms with Crippen LogP contribution in [0.3, 0.4) is 0 Å². The van der Waals surface area contributed by atoms with E-state index in [0.717, 1.165) is 26.1 Å². The summed E-state index contributed by atoms with van der Waals surface area (Å²) in [5.41, 5.74) is 2.65. The fraction of sp³-hybridized carbons (Fsp3) is 0.500. The molecule has 0 saturated carbocycles. The van der Waals surface area contributed by atoms with Crippen LogP contribution < -0.4 is 10.2 Å². The molecule has 2 rings (SSSR count). The third-order valence-electron chi connectivity index (χ3n) is 3.57. The quantitative estimate of drug-likeness (QED) is 0.814. The lowest BCUT2D eigenvalue weighted by Crippen LogP contribution is -2.27. The molecule has 0 spiro atoms. The first-order valence-corrected chi connectivity index (χ1v) is 7.94. The van der Waals surface area contributed by atoms with Crippen molar-refractivity contribution in [3.63, 3.8) is 0 Å². The molecule has 0 radical (unpaired) electrons. The van der Waals surface area contributed by atoms with E-state index in [1.54, 1.807) is 0 Å². The van der Waals surface area contributed by atoms with Crippen molar-refractivity contribution < 1.29 is 0 Å². The van der Waals surface area contributed by atoms with E-state index in [4.69, 9.17) is 0 Å². The Balaban J connectivity index is 2.10. The largest absolute Gasteiger partial charge is 0.367 e. The van der Waals surface area contributed by atoms with Gasteiger partial charge in [0.25, 0.3) is 0 Å². The summed E-state index contributed by atoms with van der Waals surface area (Å²) in [7, 11) is 0. The second-order valence-corrected chi connectivity index (χ2v) is 5.94. The average molecular weight is 323 g/mol. The van der Waals surface area contributed by atoms with E-state index < -0.39 is 0 Å². The van der Waals surface area contributed by atoms with Gasteiger partial charge in [-0.2, -0.15) is 0 Å². The molecule has 19 heavy (non-hydrogen) atoms. The molecular weight excluding hydrogens is 300 g/mol. The van der Waals surface area contributed by atoms with Crippen LogP contribution in [0.2, 0.25) is 0 Å². The first-order chi connectivity index (χ1) is 9.22. The Hall–Kier alpha value is -0.800. The Morgan fingerprint density at radius 2 is 2.21 bits per heavy atom. The fourth-order valence-corrected chi connectivity index (χ4v) is 3.12. The van der Waals surface area contributed by atoms with Gasteiger partial charge in [-0.25, -0.2) is 0 Å². The molecule has 0 amide bonds. The van der Waals surface area contributed by atoms with E-state index in [2.05, 4.69) is 70.3 Å². The predicted molar refractivity (Wildman–Crippen MR) is 86.8 cm³/mol. The molecule has 0 bridgehead atoms. The highest BCUT2D eigenvalue weighted by Gasteiger charge is 2.12. The van der Waals surface area contributed by atoms with Gasteiger partial charge in [0, 0.05) is 29.3 Å². The minimum atomic E-state index is 0.393.